The predicted octanol–water partition coefficient (Wildman–Crippen LogP) is 8.78. The van der Waals surface area contributed by atoms with Crippen LogP contribution in [-0.4, -0.2) is 156 Å². The van der Waals surface area contributed by atoms with Crippen LogP contribution in [0.15, 0.2) is 54.6 Å². The van der Waals surface area contributed by atoms with E-state index >= 15 is 17.6 Å². The minimum absolute atomic E-state index is 0.00667. The first-order chi connectivity index (χ1) is 38.8. The van der Waals surface area contributed by atoms with E-state index in [0.29, 0.717) is 67.0 Å². The lowest BCUT2D eigenvalue weighted by atomic mass is 10.0. The molecule has 4 saturated heterocycles. The van der Waals surface area contributed by atoms with Gasteiger partial charge in [-0.1, -0.05) is 6.07 Å². The van der Waals surface area contributed by atoms with Gasteiger partial charge in [0.15, 0.2) is 11.6 Å². The summed E-state index contributed by atoms with van der Waals surface area (Å²) in [6.07, 6.45) is -1.24. The summed E-state index contributed by atoms with van der Waals surface area (Å²) in [6.45, 7) is 3.95. The molecule has 4 aromatic carbocycles. The highest BCUT2D eigenvalue weighted by Gasteiger charge is 2.44. The number of methoxy groups -OCH3 is 3. The number of hydrogen-bond acceptors (Lipinski definition) is 12. The number of likely N-dealkylation sites (N-methyl/N-ethyl adjacent to an activating group) is 1. The first kappa shape index (κ1) is 56.5. The Balaban J connectivity index is 1.00. The number of halogens is 6. The predicted molar refractivity (Wildman–Crippen MR) is 286 cm³/mol. The fourth-order valence-electron chi connectivity index (χ4n) is 12.3. The lowest BCUT2D eigenvalue weighted by Gasteiger charge is -2.38. The van der Waals surface area contributed by atoms with Crippen LogP contribution in [0.25, 0.3) is 22.1 Å². The number of likely N-dealkylation sites (tertiary alicyclic amines) is 2. The molecule has 19 nitrogen and oxygen atoms in total. The second kappa shape index (κ2) is 23.0. The van der Waals surface area contributed by atoms with Gasteiger partial charge < -0.3 is 59.1 Å². The number of anilines is 3. The first-order valence-electron chi connectivity index (χ1n) is 26.9. The molecule has 4 N–H and O–H groups in total. The van der Waals surface area contributed by atoms with Gasteiger partial charge in [0.1, 0.15) is 58.4 Å². The van der Waals surface area contributed by atoms with E-state index in [4.69, 9.17) is 24.2 Å². The molecule has 432 valence electrons. The maximum Gasteiger partial charge on any atom is 0.407 e. The van der Waals surface area contributed by atoms with Crippen molar-refractivity contribution in [3.63, 3.8) is 0 Å². The monoisotopic (exact) mass is 1130 g/mol. The van der Waals surface area contributed by atoms with Crippen molar-refractivity contribution in [1.29, 1.82) is 0 Å². The molecule has 10 rings (SSSR count). The Bertz CT molecular complexity index is 3330. The SMILES string of the molecule is COC(=O)N[C@H](C(=O)N1CCC[C@H]1c1nc2cc([C@@H]3CC[C@@H](c4cc5nc([C@@H]6CCCN6C(=O)[C@H]([C@@H](C)OC)N(C)C(=O)O)[nH]c5cc4F)N3c3cc(F)c(N4CCN(c5c(F)cccc5F)CC4)c(F)c3)c(F)cc2[nH]1)[C@@H](C)OC. The molecular formula is C56H63F6N11O8. The normalized spacial score (nSPS) is 21.0. The molecule has 4 aliphatic rings. The first-order valence-corrected chi connectivity index (χ1v) is 26.9. The number of alkyl carbamates (subject to hydrolysis) is 1. The molecule has 0 saturated carbocycles. The number of amides is 4. The number of benzene rings is 4. The molecule has 2 aromatic heterocycles. The topological polar surface area (TPSA) is 205 Å². The van der Waals surface area contributed by atoms with Crippen molar-refractivity contribution < 1.29 is 64.8 Å². The average molecular weight is 1130 g/mol. The molecule has 6 aromatic rings. The Hall–Kier alpha value is -7.80. The van der Waals surface area contributed by atoms with Gasteiger partial charge in [-0.3, -0.25) is 14.5 Å². The third-order valence-corrected chi connectivity index (χ3v) is 16.5. The molecule has 0 spiro atoms. The van der Waals surface area contributed by atoms with Crippen LogP contribution >= 0.6 is 0 Å². The summed E-state index contributed by atoms with van der Waals surface area (Å²) in [6, 6.07) is 5.84. The average Bonchev–Trinajstić information content (AvgIpc) is 4.39. The number of ether oxygens (including phenoxy) is 3. The van der Waals surface area contributed by atoms with E-state index in [1.807, 2.05) is 0 Å². The molecule has 4 aliphatic heterocycles. The number of H-pyrrole nitrogens is 2. The number of fused-ring (bicyclic) bond motifs is 2. The van der Waals surface area contributed by atoms with Crippen molar-refractivity contribution in [2.24, 2.45) is 0 Å². The van der Waals surface area contributed by atoms with E-state index in [9.17, 15) is 33.1 Å². The largest absolute Gasteiger partial charge is 0.465 e. The molecule has 0 radical (unpaired) electrons. The lowest BCUT2D eigenvalue weighted by molar-refractivity contribution is -0.141. The van der Waals surface area contributed by atoms with E-state index in [1.54, 1.807) is 23.6 Å². The van der Waals surface area contributed by atoms with Gasteiger partial charge in [-0.25, -0.2) is 45.9 Å². The Morgan fingerprint density at radius 2 is 1.10 bits per heavy atom. The Morgan fingerprint density at radius 1 is 0.630 bits per heavy atom. The van der Waals surface area contributed by atoms with Crippen LogP contribution in [0.3, 0.4) is 0 Å². The highest BCUT2D eigenvalue weighted by atomic mass is 19.2. The third kappa shape index (κ3) is 10.6. The summed E-state index contributed by atoms with van der Waals surface area (Å²) in [5, 5.41) is 12.4. The van der Waals surface area contributed by atoms with Crippen LogP contribution in [-0.2, 0) is 23.8 Å². The van der Waals surface area contributed by atoms with Crippen LogP contribution in [0, 0.1) is 34.9 Å². The van der Waals surface area contributed by atoms with Crippen LogP contribution in [0.4, 0.5) is 53.0 Å². The molecule has 0 aliphatic carbocycles. The molecular weight excluding hydrogens is 1070 g/mol. The fraction of sp³-hybridized carbons (Fsp3) is 0.464. The zero-order chi connectivity index (χ0) is 57.7. The maximum absolute atomic E-state index is 17.0. The fourth-order valence-corrected chi connectivity index (χ4v) is 12.3. The van der Waals surface area contributed by atoms with Crippen LogP contribution < -0.4 is 20.0 Å². The summed E-state index contributed by atoms with van der Waals surface area (Å²) in [4.78, 5) is 77.1. The molecule has 8 atom stereocenters. The summed E-state index contributed by atoms with van der Waals surface area (Å²) < 4.78 is 113. The van der Waals surface area contributed by atoms with Crippen molar-refractivity contribution in [1.82, 2.24) is 40.0 Å². The second-order valence-electron chi connectivity index (χ2n) is 21.1. The van der Waals surface area contributed by atoms with Gasteiger partial charge in [0.05, 0.1) is 65.6 Å². The van der Waals surface area contributed by atoms with E-state index < -0.39 is 107 Å². The quantitative estimate of drug-likeness (QED) is 0.0711. The zero-order valence-corrected chi connectivity index (χ0v) is 45.5. The minimum atomic E-state index is -1.32. The third-order valence-electron chi connectivity index (χ3n) is 16.5. The van der Waals surface area contributed by atoms with Crippen molar-refractivity contribution in [3.8, 4) is 0 Å². The van der Waals surface area contributed by atoms with Gasteiger partial charge in [0, 0.05) is 77.4 Å². The highest BCUT2D eigenvalue weighted by molar-refractivity contribution is 5.88. The number of para-hydroxylation sites is 1. The highest BCUT2D eigenvalue weighted by Crippen LogP contribution is 2.50. The molecule has 4 amide bonds. The van der Waals surface area contributed by atoms with Gasteiger partial charge >= 0.3 is 12.2 Å². The summed E-state index contributed by atoms with van der Waals surface area (Å²) in [7, 11) is 5.26. The Morgan fingerprint density at radius 3 is 1.56 bits per heavy atom. The van der Waals surface area contributed by atoms with Crippen LogP contribution in [0.5, 0.6) is 0 Å². The Kier molecular flexibility index (Phi) is 16.0. The number of carbonyl (C=O) groups is 4. The molecule has 0 unspecified atom stereocenters. The van der Waals surface area contributed by atoms with Crippen molar-refractivity contribution in [3.05, 3.63) is 112 Å². The molecule has 25 heteroatoms. The zero-order valence-electron chi connectivity index (χ0n) is 45.5. The van der Waals surface area contributed by atoms with Gasteiger partial charge in [-0.05, 0) is 101 Å². The van der Waals surface area contributed by atoms with Crippen LogP contribution in [0.1, 0.15) is 99.3 Å². The van der Waals surface area contributed by atoms with Gasteiger partial charge in [0.25, 0.3) is 0 Å². The van der Waals surface area contributed by atoms with E-state index in [1.165, 1.54) is 73.4 Å². The van der Waals surface area contributed by atoms with Crippen molar-refractivity contribution >= 4 is 63.1 Å². The van der Waals surface area contributed by atoms with Crippen molar-refractivity contribution in [2.45, 2.75) is 101 Å². The number of aromatic nitrogens is 4. The number of hydrogen-bond donors (Lipinski definition) is 4. The summed E-state index contributed by atoms with van der Waals surface area (Å²) in [5.74, 6) is -5.16. The van der Waals surface area contributed by atoms with Gasteiger partial charge in [-0.2, -0.15) is 0 Å². The maximum atomic E-state index is 17.0. The number of nitrogens with zero attached hydrogens (tertiary/aromatic N) is 8. The van der Waals surface area contributed by atoms with E-state index in [0.717, 1.165) is 29.2 Å². The number of aromatic amines is 2. The smallest absolute Gasteiger partial charge is 0.407 e. The summed E-state index contributed by atoms with van der Waals surface area (Å²) >= 11 is 0. The number of carboxylic acid groups (broad SMARTS) is 1. The van der Waals surface area contributed by atoms with E-state index in [-0.39, 0.29) is 72.7 Å². The number of nitrogens with one attached hydrogen (secondary N) is 3. The van der Waals surface area contributed by atoms with Crippen LogP contribution in [0.2, 0.25) is 0 Å². The summed E-state index contributed by atoms with van der Waals surface area (Å²) in [5.41, 5.74) is 0.714. The molecule has 6 heterocycles. The van der Waals surface area contributed by atoms with Crippen molar-refractivity contribution in [2.75, 3.05) is 82.3 Å². The Labute approximate surface area is 462 Å². The number of rotatable bonds is 15. The number of carbonyl (C=O) groups excluding carboxylic acids is 3. The molecule has 0 bridgehead atoms. The number of imidazole rings is 2. The molecule has 4 fully saturated rings. The second-order valence-corrected chi connectivity index (χ2v) is 21.1. The van der Waals surface area contributed by atoms with E-state index in [2.05, 4.69) is 15.3 Å². The van der Waals surface area contributed by atoms with Gasteiger partial charge in [0.2, 0.25) is 11.8 Å². The van der Waals surface area contributed by atoms with Gasteiger partial charge in [-0.15, -0.1) is 0 Å². The standard InChI is InChI=1S/C56H63F6N11O8/c1-28(79-4)47(67-55(76)81-6)53(74)71-16-8-12-45(71)51-63-39-24-31(35(59)26-41(39)65-51)43-14-15-44(73(43)30-22-37(61)50(38(62)23-30)70-20-18-69(19-21-70)49-33(57)10-7-11-34(49)58)32-25-40-42(27-36(32)60)66-52(64-40)46-13-9-17-72(46)54(75)48(29(2)80-5)68(3)56(77)78/h7,10-11,22-29,43-48H,8-9,12-21H2,1-6H3,(H,63,65)(H,64,66)(H,67,76)(H,77,78)/t28-,29-,43+,44+,45+,46+,47+,48+/m1/s1. The molecule has 81 heavy (non-hydrogen) atoms. The number of piperazine rings is 1. The minimum Gasteiger partial charge on any atom is -0.465 e. The lowest BCUT2D eigenvalue weighted by Crippen LogP contribution is -2.54.